The molecule has 1 aromatic heterocycles. The van der Waals surface area contributed by atoms with Crippen LogP contribution < -0.4 is 4.74 Å². The summed E-state index contributed by atoms with van der Waals surface area (Å²) in [5, 5.41) is 16.5. The third-order valence-electron chi connectivity index (χ3n) is 3.22. The van der Waals surface area contributed by atoms with Crippen molar-refractivity contribution < 1.29 is 19.4 Å². The van der Waals surface area contributed by atoms with Crippen molar-refractivity contribution in [2.75, 3.05) is 6.61 Å². The number of aliphatic imine (C=N–C) groups is 1. The average molecular weight is 331 g/mol. The smallest absolute Gasteiger partial charge is 0.347 e. The van der Waals surface area contributed by atoms with Crippen LogP contribution in [0.1, 0.15) is 32.3 Å². The highest BCUT2D eigenvalue weighted by Crippen LogP contribution is 2.24. The van der Waals surface area contributed by atoms with Crippen molar-refractivity contribution in [3.63, 3.8) is 0 Å². The second-order valence-corrected chi connectivity index (χ2v) is 5.20. The maximum absolute atomic E-state index is 11.8. The molecule has 0 spiro atoms. The molecule has 0 fully saturated rings. The average Bonchev–Trinajstić information content (AvgIpc) is 3.07. The fourth-order valence-corrected chi connectivity index (χ4v) is 1.85. The van der Waals surface area contributed by atoms with E-state index in [4.69, 9.17) is 9.47 Å². The lowest BCUT2D eigenvalue weighted by Gasteiger charge is -2.14. The molecule has 1 aromatic carbocycles. The molecule has 0 aliphatic rings. The molecule has 128 valence electrons. The molecular formula is C17H21N3O4. The van der Waals surface area contributed by atoms with E-state index in [-0.39, 0.29) is 5.75 Å². The van der Waals surface area contributed by atoms with E-state index < -0.39 is 12.1 Å². The maximum Gasteiger partial charge on any atom is 0.347 e. The molecule has 1 heterocycles. The molecule has 0 bridgehead atoms. The molecule has 7 heteroatoms. The summed E-state index contributed by atoms with van der Waals surface area (Å²) in [6.07, 6.45) is 4.13. The number of rotatable bonds is 8. The van der Waals surface area contributed by atoms with Gasteiger partial charge in [-0.3, -0.25) is 5.10 Å². The van der Waals surface area contributed by atoms with E-state index in [9.17, 15) is 9.90 Å². The number of H-pyrrole nitrogens is 1. The van der Waals surface area contributed by atoms with Crippen LogP contribution in [-0.2, 0) is 9.53 Å². The van der Waals surface area contributed by atoms with E-state index in [0.717, 1.165) is 12.8 Å². The quantitative estimate of drug-likeness (QED) is 0.440. The van der Waals surface area contributed by atoms with Crippen molar-refractivity contribution in [1.29, 1.82) is 0 Å². The third kappa shape index (κ3) is 5.12. The Bertz CT molecular complexity index is 683. The van der Waals surface area contributed by atoms with Gasteiger partial charge in [-0.15, -0.1) is 0 Å². The molecule has 0 amide bonds. The van der Waals surface area contributed by atoms with Gasteiger partial charge in [-0.25, -0.2) is 9.79 Å². The topological polar surface area (TPSA) is 96.8 Å². The molecule has 2 aromatic rings. The van der Waals surface area contributed by atoms with Crippen molar-refractivity contribution in [2.45, 2.75) is 32.8 Å². The Morgan fingerprint density at radius 3 is 2.96 bits per heavy atom. The molecule has 0 aliphatic carbocycles. The number of aromatic amines is 1. The fraction of sp³-hybridized carbons (Fsp3) is 0.353. The number of nitrogens with zero attached hydrogens (tertiary/aromatic N) is 2. The van der Waals surface area contributed by atoms with Crippen LogP contribution in [0, 0.1) is 0 Å². The van der Waals surface area contributed by atoms with Crippen LogP contribution in [0.4, 0.5) is 5.82 Å². The minimum atomic E-state index is -0.745. The van der Waals surface area contributed by atoms with E-state index in [1.165, 1.54) is 12.3 Å². The normalized spacial score (nSPS) is 12.2. The number of phenolic OH excluding ortho intramolecular Hbond substituents is 1. The standard InChI is InChI=1S/C17H21N3O4/c1-3-4-9-23-17(22)12(2)24-14-6-5-13(15(21)10-14)11-18-16-7-8-19-20-16/h5-8,10-12,21H,3-4,9H2,1-2H3,(H,19,20)/b18-11+. The summed E-state index contributed by atoms with van der Waals surface area (Å²) in [5.41, 5.74) is 0.523. The molecule has 7 nitrogen and oxygen atoms in total. The first-order valence-corrected chi connectivity index (χ1v) is 7.80. The molecule has 0 saturated heterocycles. The number of carbonyl (C=O) groups excluding carboxylic acids is 1. The zero-order valence-corrected chi connectivity index (χ0v) is 13.7. The van der Waals surface area contributed by atoms with Crippen molar-refractivity contribution in [3.8, 4) is 11.5 Å². The summed E-state index contributed by atoms with van der Waals surface area (Å²) >= 11 is 0. The first kappa shape index (κ1) is 17.5. The van der Waals surface area contributed by atoms with Crippen LogP contribution in [-0.4, -0.2) is 40.2 Å². The molecule has 2 rings (SSSR count). The maximum atomic E-state index is 11.8. The molecule has 24 heavy (non-hydrogen) atoms. The second-order valence-electron chi connectivity index (χ2n) is 5.20. The molecule has 0 saturated carbocycles. The Morgan fingerprint density at radius 2 is 2.29 bits per heavy atom. The SMILES string of the molecule is CCCCOC(=O)C(C)Oc1ccc(/C=N/c2ccn[nH]2)c(O)c1. The number of carbonyl (C=O) groups is 1. The van der Waals surface area contributed by atoms with Crippen LogP contribution in [0.3, 0.4) is 0 Å². The summed E-state index contributed by atoms with van der Waals surface area (Å²) in [4.78, 5) is 15.9. The van der Waals surface area contributed by atoms with E-state index in [2.05, 4.69) is 15.2 Å². The zero-order chi connectivity index (χ0) is 17.4. The number of ether oxygens (including phenoxy) is 2. The number of hydrogen-bond acceptors (Lipinski definition) is 6. The van der Waals surface area contributed by atoms with Crippen LogP contribution in [0.5, 0.6) is 11.5 Å². The van der Waals surface area contributed by atoms with Crippen molar-refractivity contribution >= 4 is 18.0 Å². The summed E-state index contributed by atoms with van der Waals surface area (Å²) in [5.74, 6) is 0.541. The number of aromatic nitrogens is 2. The van der Waals surface area contributed by atoms with E-state index in [1.54, 1.807) is 31.3 Å². The Kier molecular flexibility index (Phi) is 6.36. The largest absolute Gasteiger partial charge is 0.507 e. The predicted octanol–water partition coefficient (Wildman–Crippen LogP) is 2.98. The van der Waals surface area contributed by atoms with Gasteiger partial charge < -0.3 is 14.6 Å². The van der Waals surface area contributed by atoms with Gasteiger partial charge in [-0.2, -0.15) is 5.10 Å². The fourth-order valence-electron chi connectivity index (χ4n) is 1.85. The molecule has 0 radical (unpaired) electrons. The monoisotopic (exact) mass is 331 g/mol. The number of aromatic hydroxyl groups is 1. The van der Waals surface area contributed by atoms with Crippen molar-refractivity contribution in [2.24, 2.45) is 4.99 Å². The number of phenols is 1. The highest BCUT2D eigenvalue weighted by Gasteiger charge is 2.16. The van der Waals surface area contributed by atoms with Crippen molar-refractivity contribution in [3.05, 3.63) is 36.0 Å². The molecule has 1 unspecified atom stereocenters. The Morgan fingerprint density at radius 1 is 1.46 bits per heavy atom. The minimum Gasteiger partial charge on any atom is -0.507 e. The summed E-state index contributed by atoms with van der Waals surface area (Å²) < 4.78 is 10.6. The lowest BCUT2D eigenvalue weighted by atomic mass is 10.2. The van der Waals surface area contributed by atoms with Gasteiger partial charge in [0.1, 0.15) is 17.3 Å². The van der Waals surface area contributed by atoms with Gasteiger partial charge in [0.05, 0.1) is 12.8 Å². The lowest BCUT2D eigenvalue weighted by Crippen LogP contribution is -2.26. The van der Waals surface area contributed by atoms with Crippen LogP contribution in [0.25, 0.3) is 0 Å². The Hall–Kier alpha value is -2.83. The summed E-state index contributed by atoms with van der Waals surface area (Å²) in [6, 6.07) is 6.45. The summed E-state index contributed by atoms with van der Waals surface area (Å²) in [7, 11) is 0. The van der Waals surface area contributed by atoms with Crippen molar-refractivity contribution in [1.82, 2.24) is 10.2 Å². The molecule has 1 atom stereocenters. The Balaban J connectivity index is 1.95. The van der Waals surface area contributed by atoms with E-state index >= 15 is 0 Å². The number of benzene rings is 1. The number of hydrogen-bond donors (Lipinski definition) is 2. The van der Waals surface area contributed by atoms with Crippen LogP contribution in [0.2, 0.25) is 0 Å². The second kappa shape index (κ2) is 8.71. The first-order valence-electron chi connectivity index (χ1n) is 7.80. The van der Waals surface area contributed by atoms with Gasteiger partial charge >= 0.3 is 5.97 Å². The first-order chi connectivity index (χ1) is 11.6. The third-order valence-corrected chi connectivity index (χ3v) is 3.22. The minimum absolute atomic E-state index is 0.00214. The van der Waals surface area contributed by atoms with Gasteiger partial charge in [0.25, 0.3) is 0 Å². The van der Waals surface area contributed by atoms with Gasteiger partial charge in [0.15, 0.2) is 6.10 Å². The van der Waals surface area contributed by atoms with E-state index in [0.29, 0.717) is 23.7 Å². The zero-order valence-electron chi connectivity index (χ0n) is 13.7. The molecule has 2 N–H and O–H groups in total. The van der Waals surface area contributed by atoms with E-state index in [1.807, 2.05) is 6.92 Å². The highest BCUT2D eigenvalue weighted by atomic mass is 16.6. The number of esters is 1. The van der Waals surface area contributed by atoms with Gasteiger partial charge in [-0.1, -0.05) is 13.3 Å². The lowest BCUT2D eigenvalue weighted by molar-refractivity contribution is -0.151. The Labute approximate surface area is 140 Å². The molecule has 0 aliphatic heterocycles. The number of nitrogens with one attached hydrogen (secondary N) is 1. The van der Waals surface area contributed by atoms with Crippen LogP contribution in [0.15, 0.2) is 35.5 Å². The van der Waals surface area contributed by atoms with Gasteiger partial charge in [-0.05, 0) is 25.5 Å². The summed E-state index contributed by atoms with van der Waals surface area (Å²) in [6.45, 7) is 4.02. The number of unbranched alkanes of at least 4 members (excludes halogenated alkanes) is 1. The van der Waals surface area contributed by atoms with Gasteiger partial charge in [0, 0.05) is 23.9 Å². The predicted molar refractivity (Wildman–Crippen MR) is 89.9 cm³/mol. The molecular weight excluding hydrogens is 310 g/mol. The highest BCUT2D eigenvalue weighted by molar-refractivity contribution is 5.85. The van der Waals surface area contributed by atoms with Crippen LogP contribution >= 0.6 is 0 Å². The van der Waals surface area contributed by atoms with Gasteiger partial charge in [0.2, 0.25) is 0 Å².